The molecule has 43 heavy (non-hydrogen) atoms. The van der Waals surface area contributed by atoms with Crippen LogP contribution in [0.1, 0.15) is 22.6 Å². The number of carboxylic acid groups (broad SMARTS) is 1. The molecule has 0 aliphatic carbocycles. The minimum Gasteiger partial charge on any atom is -0.475 e. The number of halogens is 3. The predicted octanol–water partition coefficient (Wildman–Crippen LogP) is 3.48. The maximum absolute atomic E-state index is 13.8. The molecule has 2 aliphatic rings. The van der Waals surface area contributed by atoms with Gasteiger partial charge in [0, 0.05) is 75.7 Å². The van der Waals surface area contributed by atoms with E-state index in [0.29, 0.717) is 13.1 Å². The number of alkyl halides is 3. The van der Waals surface area contributed by atoms with Gasteiger partial charge in [0.25, 0.3) is 0 Å². The van der Waals surface area contributed by atoms with Crippen LogP contribution in [0.5, 0.6) is 0 Å². The average molecular weight is 620 g/mol. The van der Waals surface area contributed by atoms with Crippen molar-refractivity contribution in [1.82, 2.24) is 19.2 Å². The second-order valence-corrected chi connectivity index (χ2v) is 12.4. The first-order valence-electron chi connectivity index (χ1n) is 13.5. The van der Waals surface area contributed by atoms with Crippen molar-refractivity contribution in [3.05, 3.63) is 83.9 Å². The molecule has 2 aliphatic heterocycles. The van der Waals surface area contributed by atoms with Gasteiger partial charge in [-0.05, 0) is 54.8 Å². The smallest absolute Gasteiger partial charge is 0.475 e. The lowest BCUT2D eigenvalue weighted by Crippen LogP contribution is -2.51. The van der Waals surface area contributed by atoms with E-state index < -0.39 is 28.1 Å². The van der Waals surface area contributed by atoms with Gasteiger partial charge in [0.05, 0.1) is 5.92 Å². The Kier molecular flexibility index (Phi) is 9.70. The van der Waals surface area contributed by atoms with Gasteiger partial charge in [0.1, 0.15) is 4.90 Å². The molecule has 0 radical (unpaired) electrons. The van der Waals surface area contributed by atoms with Crippen molar-refractivity contribution in [3.8, 4) is 0 Å². The van der Waals surface area contributed by atoms with Crippen LogP contribution in [-0.4, -0.2) is 90.0 Å². The van der Waals surface area contributed by atoms with E-state index in [-0.39, 0.29) is 29.8 Å². The fraction of sp³-hybridized carbons (Fsp3) is 0.379. The summed E-state index contributed by atoms with van der Waals surface area (Å²) in [4.78, 5) is 35.3. The highest BCUT2D eigenvalue weighted by Crippen LogP contribution is 2.37. The Morgan fingerprint density at radius 2 is 1.56 bits per heavy atom. The standard InChI is InChI=1S/C27H31N5O3S.C2HF3O2/c1-20-7-8-21(2)26(15-20)30-11-13-31(14-12-30)27(33)25-19-32(18-24(25)22-5-3-9-28-16-22)36(34,35)23-6-4-10-29-17-23;3-2(4,5)1(6)7/h3-10,15-17,24-25H,11-14,18-19H2,1-2H3;(H,6,7)/t24-,25+;/m0./s1. The molecule has 0 unspecified atom stereocenters. The minimum atomic E-state index is -5.08. The van der Waals surface area contributed by atoms with Crippen molar-refractivity contribution in [2.45, 2.75) is 30.8 Å². The minimum absolute atomic E-state index is 0.00774. The third kappa shape index (κ3) is 7.49. The molecule has 0 bridgehead atoms. The summed E-state index contributed by atoms with van der Waals surface area (Å²) in [5.74, 6) is -3.47. The summed E-state index contributed by atoms with van der Waals surface area (Å²) in [5, 5.41) is 7.12. The van der Waals surface area contributed by atoms with Crippen molar-refractivity contribution < 1.29 is 36.3 Å². The molecule has 1 amide bonds. The summed E-state index contributed by atoms with van der Waals surface area (Å²) >= 11 is 0. The Bertz CT molecular complexity index is 1530. The normalized spacial score (nSPS) is 19.5. The number of aryl methyl sites for hydroxylation is 2. The number of anilines is 1. The van der Waals surface area contributed by atoms with Crippen molar-refractivity contribution >= 4 is 27.6 Å². The summed E-state index contributed by atoms with van der Waals surface area (Å²) in [6, 6.07) is 13.4. The number of nitrogens with zero attached hydrogens (tertiary/aromatic N) is 5. The maximum Gasteiger partial charge on any atom is 0.490 e. The predicted molar refractivity (Wildman–Crippen MR) is 152 cm³/mol. The summed E-state index contributed by atoms with van der Waals surface area (Å²) in [6.07, 6.45) is 1.25. The number of pyridine rings is 2. The first-order chi connectivity index (χ1) is 20.3. The van der Waals surface area contributed by atoms with Crippen molar-refractivity contribution in [3.63, 3.8) is 0 Å². The molecule has 3 aromatic rings. The van der Waals surface area contributed by atoms with E-state index in [1.165, 1.54) is 27.3 Å². The molecule has 0 spiro atoms. The molecule has 1 aromatic carbocycles. The van der Waals surface area contributed by atoms with Gasteiger partial charge in [-0.1, -0.05) is 18.2 Å². The largest absolute Gasteiger partial charge is 0.490 e. The van der Waals surface area contributed by atoms with Crippen LogP contribution in [0.25, 0.3) is 0 Å². The molecular formula is C29H32F3N5O5S. The number of carbonyl (C=O) groups is 2. The molecule has 10 nitrogen and oxygen atoms in total. The zero-order valence-corrected chi connectivity index (χ0v) is 24.4. The molecule has 4 heterocycles. The van der Waals surface area contributed by atoms with Crippen LogP contribution >= 0.6 is 0 Å². The highest BCUT2D eigenvalue weighted by atomic mass is 32.2. The van der Waals surface area contributed by atoms with E-state index in [1.54, 1.807) is 30.7 Å². The summed E-state index contributed by atoms with van der Waals surface area (Å²) in [5.41, 5.74) is 4.54. The van der Waals surface area contributed by atoms with Crippen LogP contribution in [-0.2, 0) is 19.6 Å². The average Bonchev–Trinajstić information content (AvgIpc) is 3.45. The zero-order valence-electron chi connectivity index (χ0n) is 23.6. The van der Waals surface area contributed by atoms with E-state index in [1.807, 2.05) is 17.0 Å². The van der Waals surface area contributed by atoms with Crippen LogP contribution in [0, 0.1) is 19.8 Å². The molecule has 5 rings (SSSR count). The highest BCUT2D eigenvalue weighted by molar-refractivity contribution is 7.89. The topological polar surface area (TPSA) is 124 Å². The number of amides is 1. The summed E-state index contributed by atoms with van der Waals surface area (Å²) in [6.45, 7) is 7.30. The maximum atomic E-state index is 13.8. The second-order valence-electron chi connectivity index (χ2n) is 10.4. The van der Waals surface area contributed by atoms with Gasteiger partial charge in [0.15, 0.2) is 0 Å². The van der Waals surface area contributed by atoms with Crippen LogP contribution in [0.2, 0.25) is 0 Å². The summed E-state index contributed by atoms with van der Waals surface area (Å²) < 4.78 is 59.9. The number of sulfonamides is 1. The fourth-order valence-electron chi connectivity index (χ4n) is 5.26. The molecular weight excluding hydrogens is 587 g/mol. The number of aliphatic carboxylic acids is 1. The third-order valence-corrected chi connectivity index (χ3v) is 9.34. The SMILES string of the molecule is Cc1ccc(C)c(N2CCN(C(=O)[C@@H]3CN(S(=O)(=O)c4cccnc4)C[C@H]3c3cccnc3)CC2)c1.O=C(O)C(F)(F)F. The Morgan fingerprint density at radius 3 is 2.12 bits per heavy atom. The van der Waals surface area contributed by atoms with Gasteiger partial charge >= 0.3 is 12.1 Å². The van der Waals surface area contributed by atoms with E-state index in [9.17, 15) is 26.4 Å². The lowest BCUT2D eigenvalue weighted by molar-refractivity contribution is -0.192. The molecule has 2 aromatic heterocycles. The van der Waals surface area contributed by atoms with Crippen LogP contribution < -0.4 is 4.90 Å². The number of carboxylic acids is 1. The number of hydrogen-bond acceptors (Lipinski definition) is 7. The van der Waals surface area contributed by atoms with Crippen LogP contribution in [0.15, 0.2) is 72.1 Å². The van der Waals surface area contributed by atoms with E-state index >= 15 is 0 Å². The first kappa shape index (κ1) is 31.9. The Hall–Kier alpha value is -4.04. The number of aromatic nitrogens is 2. The van der Waals surface area contributed by atoms with Crippen LogP contribution in [0.3, 0.4) is 0 Å². The number of rotatable bonds is 5. The van der Waals surface area contributed by atoms with Gasteiger partial charge in [-0.2, -0.15) is 17.5 Å². The Morgan fingerprint density at radius 1 is 0.930 bits per heavy atom. The van der Waals surface area contributed by atoms with Gasteiger partial charge in [-0.3, -0.25) is 14.8 Å². The molecule has 0 saturated carbocycles. The number of benzene rings is 1. The number of hydrogen-bond donors (Lipinski definition) is 1. The van der Waals surface area contributed by atoms with Crippen molar-refractivity contribution in [2.24, 2.45) is 5.92 Å². The monoisotopic (exact) mass is 619 g/mol. The molecule has 1 N–H and O–H groups in total. The van der Waals surface area contributed by atoms with Gasteiger partial charge in [-0.15, -0.1) is 0 Å². The fourth-order valence-corrected chi connectivity index (χ4v) is 6.71. The summed E-state index contributed by atoms with van der Waals surface area (Å²) in [7, 11) is -3.76. The van der Waals surface area contributed by atoms with E-state index in [2.05, 4.69) is 46.9 Å². The quantitative estimate of drug-likeness (QED) is 0.461. The lowest BCUT2D eigenvalue weighted by Gasteiger charge is -2.38. The van der Waals surface area contributed by atoms with Crippen molar-refractivity contribution in [2.75, 3.05) is 44.2 Å². The van der Waals surface area contributed by atoms with Gasteiger partial charge < -0.3 is 14.9 Å². The number of piperazine rings is 1. The van der Waals surface area contributed by atoms with E-state index in [4.69, 9.17) is 9.90 Å². The molecule has 2 atom stereocenters. The van der Waals surface area contributed by atoms with Gasteiger partial charge in [0.2, 0.25) is 15.9 Å². The van der Waals surface area contributed by atoms with E-state index in [0.717, 1.165) is 18.7 Å². The van der Waals surface area contributed by atoms with Crippen molar-refractivity contribution in [1.29, 1.82) is 0 Å². The van der Waals surface area contributed by atoms with Crippen LogP contribution in [0.4, 0.5) is 18.9 Å². The number of carbonyl (C=O) groups excluding carboxylic acids is 1. The molecule has 2 fully saturated rings. The highest BCUT2D eigenvalue weighted by Gasteiger charge is 2.45. The first-order valence-corrected chi connectivity index (χ1v) is 14.9. The Labute approximate surface area is 247 Å². The molecule has 230 valence electrons. The van der Waals surface area contributed by atoms with Gasteiger partial charge in [-0.25, -0.2) is 13.2 Å². The molecule has 14 heteroatoms. The molecule has 2 saturated heterocycles. The second kappa shape index (κ2) is 13.1. The Balaban J connectivity index is 0.000000541. The zero-order chi connectivity index (χ0) is 31.4. The lowest BCUT2D eigenvalue weighted by atomic mass is 9.88. The third-order valence-electron chi connectivity index (χ3n) is 7.53.